The highest BCUT2D eigenvalue weighted by molar-refractivity contribution is 5.66. The molecule has 0 saturated heterocycles. The molecule has 5 nitrogen and oxygen atoms in total. The lowest BCUT2D eigenvalue weighted by Gasteiger charge is -2.02. The third kappa shape index (κ3) is 3.55. The second-order valence-electron chi connectivity index (χ2n) is 1.54. The van der Waals surface area contributed by atoms with Crippen LogP contribution in [-0.2, 0) is 9.53 Å². The van der Waals surface area contributed by atoms with Gasteiger partial charge in [0.05, 0.1) is 0 Å². The van der Waals surface area contributed by atoms with E-state index in [1.165, 1.54) is 0 Å². The molecule has 0 aromatic heterocycles. The molecule has 0 aromatic carbocycles. The lowest BCUT2D eigenvalue weighted by molar-refractivity contribution is -0.143. The second kappa shape index (κ2) is 4.44. The zero-order chi connectivity index (χ0) is 7.98. The van der Waals surface area contributed by atoms with Crippen LogP contribution >= 0.6 is 0 Å². The number of hydrogen-bond acceptors (Lipinski definition) is 5. The summed E-state index contributed by atoms with van der Waals surface area (Å²) in [6.45, 7) is 0.852. The number of nitrogens with zero attached hydrogens (tertiary/aromatic N) is 2. The molecule has 0 aliphatic rings. The number of ether oxygens (including phenoxy) is 1. The fraction of sp³-hybridized carbons (Fsp3) is 0.600. The van der Waals surface area contributed by atoms with Crippen molar-refractivity contribution in [3.8, 4) is 6.07 Å². The summed E-state index contributed by atoms with van der Waals surface area (Å²) in [5, 5.41) is 10.6. The monoisotopic (exact) mass is 142 g/mol. The minimum atomic E-state index is -1.03. The van der Waals surface area contributed by atoms with Gasteiger partial charge in [0, 0.05) is 6.92 Å². The quantitative estimate of drug-likeness (QED) is 0.416. The summed E-state index contributed by atoms with van der Waals surface area (Å²) in [6.07, 6.45) is -1.03. The Kier molecular flexibility index (Phi) is 3.80. The van der Waals surface area contributed by atoms with Gasteiger partial charge in [-0.05, 0) is 0 Å². The zero-order valence-corrected chi connectivity index (χ0v) is 5.40. The van der Waals surface area contributed by atoms with Crippen molar-refractivity contribution < 1.29 is 9.53 Å². The molecule has 0 spiro atoms. The lowest BCUT2D eigenvalue weighted by Crippen LogP contribution is -2.16. The van der Waals surface area contributed by atoms with E-state index in [1.54, 1.807) is 6.07 Å². The van der Waals surface area contributed by atoms with Crippen LogP contribution in [0.2, 0.25) is 0 Å². The van der Waals surface area contributed by atoms with Gasteiger partial charge in [0.25, 0.3) is 0 Å². The van der Waals surface area contributed by atoms with Crippen LogP contribution in [0.3, 0.4) is 0 Å². The van der Waals surface area contributed by atoms with E-state index in [9.17, 15) is 9.70 Å². The van der Waals surface area contributed by atoms with Gasteiger partial charge >= 0.3 is 5.97 Å². The number of carbonyl (C=O) groups excluding carboxylic acids is 1. The first-order valence-corrected chi connectivity index (χ1v) is 2.56. The van der Waals surface area contributed by atoms with Crippen molar-refractivity contribution in [2.75, 3.05) is 6.54 Å². The predicted molar refractivity (Wildman–Crippen MR) is 31.8 cm³/mol. The van der Waals surface area contributed by atoms with E-state index in [0.29, 0.717) is 0 Å². The first-order valence-electron chi connectivity index (χ1n) is 2.56. The van der Waals surface area contributed by atoms with E-state index in [4.69, 9.17) is 5.26 Å². The van der Waals surface area contributed by atoms with Gasteiger partial charge in [-0.25, -0.2) is 0 Å². The molecule has 0 aromatic rings. The van der Waals surface area contributed by atoms with E-state index in [-0.39, 0.29) is 6.54 Å². The SMILES string of the molecule is CC(=O)OC(C#N)CN=O. The van der Waals surface area contributed by atoms with Crippen LogP contribution in [0.5, 0.6) is 0 Å². The Morgan fingerprint density at radius 1 is 1.90 bits per heavy atom. The minimum absolute atomic E-state index is 0.309. The Morgan fingerprint density at radius 3 is 2.80 bits per heavy atom. The molecule has 10 heavy (non-hydrogen) atoms. The smallest absolute Gasteiger partial charge is 0.304 e. The number of carbonyl (C=O) groups is 1. The van der Waals surface area contributed by atoms with Gasteiger partial charge in [-0.3, -0.25) is 4.79 Å². The maximum absolute atomic E-state index is 10.2. The summed E-state index contributed by atoms with van der Waals surface area (Å²) < 4.78 is 4.35. The molecule has 1 atom stereocenters. The fourth-order valence-electron chi connectivity index (χ4n) is 0.372. The molecule has 0 fully saturated rings. The molecule has 5 heteroatoms. The average Bonchev–Trinajstić information content (AvgIpc) is 1.86. The third-order valence-electron chi connectivity index (χ3n) is 0.693. The summed E-state index contributed by atoms with van der Waals surface area (Å²) in [7, 11) is 0. The van der Waals surface area contributed by atoms with Crippen LogP contribution in [0.4, 0.5) is 0 Å². The number of nitriles is 1. The zero-order valence-electron chi connectivity index (χ0n) is 5.40. The first-order chi connectivity index (χ1) is 4.70. The molecule has 0 aliphatic heterocycles. The van der Waals surface area contributed by atoms with Crippen molar-refractivity contribution in [2.24, 2.45) is 5.18 Å². The van der Waals surface area contributed by atoms with Crippen LogP contribution in [0.1, 0.15) is 6.92 Å². The van der Waals surface area contributed by atoms with E-state index in [2.05, 4.69) is 9.91 Å². The van der Waals surface area contributed by atoms with Crippen molar-refractivity contribution in [3.63, 3.8) is 0 Å². The van der Waals surface area contributed by atoms with Crippen molar-refractivity contribution in [2.45, 2.75) is 13.0 Å². The summed E-state index contributed by atoms with van der Waals surface area (Å²) in [5.41, 5.74) is 0. The molecule has 0 heterocycles. The highest BCUT2D eigenvalue weighted by Gasteiger charge is 2.09. The molecule has 0 rings (SSSR count). The second-order valence-corrected chi connectivity index (χ2v) is 1.54. The summed E-state index contributed by atoms with van der Waals surface area (Å²) >= 11 is 0. The molecule has 0 bridgehead atoms. The maximum atomic E-state index is 10.2. The highest BCUT2D eigenvalue weighted by atomic mass is 16.5. The third-order valence-corrected chi connectivity index (χ3v) is 0.693. The van der Waals surface area contributed by atoms with Crippen LogP contribution in [0.25, 0.3) is 0 Å². The van der Waals surface area contributed by atoms with Crippen molar-refractivity contribution >= 4 is 5.97 Å². The molecule has 1 unspecified atom stereocenters. The van der Waals surface area contributed by atoms with E-state index in [0.717, 1.165) is 6.92 Å². The van der Waals surface area contributed by atoms with Crippen molar-refractivity contribution in [3.05, 3.63) is 4.91 Å². The number of hydrogen-bond donors (Lipinski definition) is 0. The van der Waals surface area contributed by atoms with Gasteiger partial charge in [0.1, 0.15) is 12.6 Å². The van der Waals surface area contributed by atoms with Crippen LogP contribution < -0.4 is 0 Å². The summed E-state index contributed by atoms with van der Waals surface area (Å²) in [5.74, 6) is -0.588. The lowest BCUT2D eigenvalue weighted by atomic mass is 10.4. The van der Waals surface area contributed by atoms with Crippen molar-refractivity contribution in [1.82, 2.24) is 0 Å². The number of nitroso groups, excluding NO2 is 1. The van der Waals surface area contributed by atoms with Gasteiger partial charge in [-0.1, -0.05) is 5.18 Å². The first kappa shape index (κ1) is 8.56. The molecular formula is C5H6N2O3. The maximum Gasteiger partial charge on any atom is 0.304 e. The Morgan fingerprint density at radius 2 is 2.50 bits per heavy atom. The van der Waals surface area contributed by atoms with Crippen LogP contribution in [0, 0.1) is 16.2 Å². The van der Waals surface area contributed by atoms with E-state index in [1.807, 2.05) is 0 Å². The molecule has 54 valence electrons. The number of esters is 1. The van der Waals surface area contributed by atoms with Gasteiger partial charge in [0.2, 0.25) is 6.10 Å². The predicted octanol–water partition coefficient (Wildman–Crippen LogP) is 0.208. The average molecular weight is 142 g/mol. The van der Waals surface area contributed by atoms with Gasteiger partial charge < -0.3 is 4.74 Å². The Labute approximate surface area is 57.6 Å². The standard InChI is InChI=1S/C5H6N2O3/c1-4(8)10-5(2-6)3-7-9/h5H,3H2,1H3. The fourth-order valence-corrected chi connectivity index (χ4v) is 0.372. The molecule has 0 radical (unpaired) electrons. The van der Waals surface area contributed by atoms with Gasteiger partial charge in [-0.2, -0.15) is 10.2 Å². The topological polar surface area (TPSA) is 79.5 Å². The highest BCUT2D eigenvalue weighted by Crippen LogP contribution is 1.90. The van der Waals surface area contributed by atoms with Crippen LogP contribution in [-0.4, -0.2) is 18.6 Å². The Hall–Kier alpha value is -1.44. The largest absolute Gasteiger partial charge is 0.445 e. The van der Waals surface area contributed by atoms with Gasteiger partial charge in [0.15, 0.2) is 0 Å². The molecule has 0 amide bonds. The molecule has 0 aliphatic carbocycles. The van der Waals surface area contributed by atoms with Gasteiger partial charge in [-0.15, -0.1) is 0 Å². The van der Waals surface area contributed by atoms with E-state index >= 15 is 0 Å². The molecular weight excluding hydrogens is 136 g/mol. The van der Waals surface area contributed by atoms with E-state index < -0.39 is 12.1 Å². The Balaban J connectivity index is 3.74. The van der Waals surface area contributed by atoms with Crippen LogP contribution in [0.15, 0.2) is 5.18 Å². The van der Waals surface area contributed by atoms with Crippen molar-refractivity contribution in [1.29, 1.82) is 5.26 Å². The molecule has 0 saturated carbocycles. The minimum Gasteiger partial charge on any atom is -0.445 e. The summed E-state index contributed by atoms with van der Waals surface area (Å²) in [6, 6.07) is 1.60. The summed E-state index contributed by atoms with van der Waals surface area (Å²) in [4.78, 5) is 19.7. The molecule has 0 N–H and O–H groups in total. The Bertz CT molecular complexity index is 172. The number of rotatable bonds is 3. The normalized spacial score (nSPS) is 11.2.